The Balaban J connectivity index is 1.91. The van der Waals surface area contributed by atoms with Crippen molar-refractivity contribution in [3.63, 3.8) is 0 Å². The van der Waals surface area contributed by atoms with Crippen molar-refractivity contribution in [3.05, 3.63) is 30.1 Å². The van der Waals surface area contributed by atoms with Crippen LogP contribution in [0.4, 0.5) is 10.1 Å². The van der Waals surface area contributed by atoms with E-state index in [0.717, 1.165) is 25.2 Å². The van der Waals surface area contributed by atoms with Gasteiger partial charge in [-0.1, -0.05) is 6.42 Å². The molecule has 0 aliphatic heterocycles. The highest BCUT2D eigenvalue weighted by atomic mass is 19.1. The fourth-order valence-electron chi connectivity index (χ4n) is 2.87. The van der Waals surface area contributed by atoms with Gasteiger partial charge in [0.2, 0.25) is 0 Å². The van der Waals surface area contributed by atoms with Gasteiger partial charge >= 0.3 is 0 Å². The minimum Gasteiger partial charge on any atom is -0.372 e. The summed E-state index contributed by atoms with van der Waals surface area (Å²) in [4.78, 5) is 2.30. The Bertz CT molecular complexity index is 363. The van der Waals surface area contributed by atoms with Crippen LogP contribution in [-0.2, 0) is 0 Å². The molecule has 0 saturated heterocycles. The summed E-state index contributed by atoms with van der Waals surface area (Å²) in [6, 6.07) is 7.15. The highest BCUT2D eigenvalue weighted by Crippen LogP contribution is 2.27. The molecule has 2 rings (SSSR count). The number of nitrogens with zero attached hydrogens (tertiary/aromatic N) is 1. The molecule has 0 amide bonds. The third kappa shape index (κ3) is 3.22. The van der Waals surface area contributed by atoms with Gasteiger partial charge in [0.15, 0.2) is 0 Å². The number of nitrogens with two attached hydrogens (primary N) is 1. The molecule has 2 nitrogen and oxygen atoms in total. The van der Waals surface area contributed by atoms with Crippen LogP contribution in [0.1, 0.15) is 32.6 Å². The van der Waals surface area contributed by atoms with E-state index in [1.165, 1.54) is 31.4 Å². The van der Waals surface area contributed by atoms with Gasteiger partial charge in [0, 0.05) is 24.8 Å². The topological polar surface area (TPSA) is 29.3 Å². The molecular weight excluding hydrogens is 227 g/mol. The van der Waals surface area contributed by atoms with Crippen LogP contribution in [0.5, 0.6) is 0 Å². The van der Waals surface area contributed by atoms with Crippen molar-refractivity contribution in [1.82, 2.24) is 0 Å². The first-order valence-electron chi connectivity index (χ1n) is 6.96. The highest BCUT2D eigenvalue weighted by molar-refractivity contribution is 5.45. The quantitative estimate of drug-likeness (QED) is 0.869. The van der Waals surface area contributed by atoms with E-state index in [0.29, 0.717) is 12.0 Å². The Labute approximate surface area is 109 Å². The summed E-state index contributed by atoms with van der Waals surface area (Å²) in [6.45, 7) is 4.10. The molecule has 2 N–H and O–H groups in total. The van der Waals surface area contributed by atoms with Gasteiger partial charge in [-0.05, 0) is 56.4 Å². The van der Waals surface area contributed by atoms with E-state index in [2.05, 4.69) is 11.8 Å². The molecule has 1 aliphatic rings. The summed E-state index contributed by atoms with van der Waals surface area (Å²) in [5.41, 5.74) is 7.20. The molecule has 18 heavy (non-hydrogen) atoms. The molecule has 3 heteroatoms. The Kier molecular flexibility index (Phi) is 4.59. The number of anilines is 1. The van der Waals surface area contributed by atoms with E-state index in [9.17, 15) is 4.39 Å². The van der Waals surface area contributed by atoms with Crippen LogP contribution in [0.15, 0.2) is 24.3 Å². The average molecular weight is 250 g/mol. The summed E-state index contributed by atoms with van der Waals surface area (Å²) in [5, 5.41) is 0. The predicted octanol–water partition coefficient (Wildman–Crippen LogP) is 3.17. The first-order valence-corrected chi connectivity index (χ1v) is 6.96. The van der Waals surface area contributed by atoms with Crippen LogP contribution in [0.25, 0.3) is 0 Å². The number of hydrogen-bond acceptors (Lipinski definition) is 2. The van der Waals surface area contributed by atoms with Gasteiger partial charge in [-0.3, -0.25) is 0 Å². The molecule has 1 aromatic rings. The summed E-state index contributed by atoms with van der Waals surface area (Å²) in [6.07, 6.45) is 4.86. The summed E-state index contributed by atoms with van der Waals surface area (Å²) in [5.74, 6) is 0.493. The van der Waals surface area contributed by atoms with Gasteiger partial charge in [-0.2, -0.15) is 0 Å². The lowest BCUT2D eigenvalue weighted by Crippen LogP contribution is -2.30. The lowest BCUT2D eigenvalue weighted by Gasteiger charge is -2.25. The fourth-order valence-corrected chi connectivity index (χ4v) is 2.87. The van der Waals surface area contributed by atoms with Crippen LogP contribution in [0, 0.1) is 11.7 Å². The van der Waals surface area contributed by atoms with E-state index < -0.39 is 0 Å². The molecule has 100 valence electrons. The lowest BCUT2D eigenvalue weighted by atomic mass is 10.00. The minimum atomic E-state index is -0.174. The summed E-state index contributed by atoms with van der Waals surface area (Å²) >= 11 is 0. The monoisotopic (exact) mass is 250 g/mol. The van der Waals surface area contributed by atoms with Crippen molar-refractivity contribution in [1.29, 1.82) is 0 Å². The maximum atomic E-state index is 12.9. The second-order valence-corrected chi connectivity index (χ2v) is 5.20. The van der Waals surface area contributed by atoms with Crippen molar-refractivity contribution < 1.29 is 4.39 Å². The third-order valence-electron chi connectivity index (χ3n) is 4.06. The predicted molar refractivity (Wildman–Crippen MR) is 74.2 cm³/mol. The van der Waals surface area contributed by atoms with Crippen molar-refractivity contribution >= 4 is 5.69 Å². The molecule has 1 saturated carbocycles. The first kappa shape index (κ1) is 13.3. The second kappa shape index (κ2) is 6.19. The molecule has 0 aromatic heterocycles. The van der Waals surface area contributed by atoms with E-state index in [1.54, 1.807) is 0 Å². The van der Waals surface area contributed by atoms with E-state index in [1.807, 2.05) is 12.1 Å². The zero-order valence-corrected chi connectivity index (χ0v) is 11.1. The van der Waals surface area contributed by atoms with Gasteiger partial charge in [0.05, 0.1) is 0 Å². The molecule has 0 spiro atoms. The number of hydrogen-bond donors (Lipinski definition) is 1. The van der Waals surface area contributed by atoms with Crippen molar-refractivity contribution in [2.75, 3.05) is 18.0 Å². The Hall–Kier alpha value is -1.09. The third-order valence-corrected chi connectivity index (χ3v) is 4.06. The SMILES string of the molecule is CCN(CCC1CCCC1N)c1ccc(F)cc1. The van der Waals surface area contributed by atoms with Crippen LogP contribution in [-0.4, -0.2) is 19.1 Å². The summed E-state index contributed by atoms with van der Waals surface area (Å²) in [7, 11) is 0. The van der Waals surface area contributed by atoms with Crippen molar-refractivity contribution in [3.8, 4) is 0 Å². The van der Waals surface area contributed by atoms with E-state index >= 15 is 0 Å². The fraction of sp³-hybridized carbons (Fsp3) is 0.600. The number of halogens is 1. The van der Waals surface area contributed by atoms with Crippen LogP contribution in [0.2, 0.25) is 0 Å². The Morgan fingerprint density at radius 1 is 1.28 bits per heavy atom. The Morgan fingerprint density at radius 3 is 2.56 bits per heavy atom. The lowest BCUT2D eigenvalue weighted by molar-refractivity contribution is 0.447. The first-order chi connectivity index (χ1) is 8.70. The zero-order valence-electron chi connectivity index (χ0n) is 11.1. The van der Waals surface area contributed by atoms with Crippen LogP contribution >= 0.6 is 0 Å². The largest absolute Gasteiger partial charge is 0.372 e. The van der Waals surface area contributed by atoms with Gasteiger partial charge in [-0.15, -0.1) is 0 Å². The molecular formula is C15H23FN2. The van der Waals surface area contributed by atoms with Crippen LogP contribution in [0.3, 0.4) is 0 Å². The van der Waals surface area contributed by atoms with Gasteiger partial charge < -0.3 is 10.6 Å². The zero-order chi connectivity index (χ0) is 13.0. The standard InChI is InChI=1S/C15H23FN2/c1-2-18(14-8-6-13(16)7-9-14)11-10-12-4-3-5-15(12)17/h6-9,12,15H,2-5,10-11,17H2,1H3. The molecule has 1 aliphatic carbocycles. The van der Waals surface area contributed by atoms with Gasteiger partial charge in [-0.25, -0.2) is 4.39 Å². The normalized spacial score (nSPS) is 23.3. The molecule has 2 atom stereocenters. The van der Waals surface area contributed by atoms with Gasteiger partial charge in [0.1, 0.15) is 5.82 Å². The molecule has 0 radical (unpaired) electrons. The summed E-state index contributed by atoms with van der Waals surface area (Å²) < 4.78 is 12.9. The van der Waals surface area contributed by atoms with E-state index in [4.69, 9.17) is 5.73 Å². The number of benzene rings is 1. The second-order valence-electron chi connectivity index (χ2n) is 5.20. The highest BCUT2D eigenvalue weighted by Gasteiger charge is 2.23. The smallest absolute Gasteiger partial charge is 0.123 e. The number of rotatable bonds is 5. The van der Waals surface area contributed by atoms with Crippen LogP contribution < -0.4 is 10.6 Å². The van der Waals surface area contributed by atoms with Gasteiger partial charge in [0.25, 0.3) is 0 Å². The van der Waals surface area contributed by atoms with Crippen molar-refractivity contribution in [2.24, 2.45) is 11.7 Å². The molecule has 2 unspecified atom stereocenters. The maximum Gasteiger partial charge on any atom is 0.123 e. The molecule has 0 heterocycles. The molecule has 1 fully saturated rings. The molecule has 0 bridgehead atoms. The maximum absolute atomic E-state index is 12.9. The molecule has 1 aromatic carbocycles. The Morgan fingerprint density at radius 2 is 2.00 bits per heavy atom. The van der Waals surface area contributed by atoms with Crippen molar-refractivity contribution in [2.45, 2.75) is 38.6 Å². The van der Waals surface area contributed by atoms with E-state index in [-0.39, 0.29) is 5.82 Å². The minimum absolute atomic E-state index is 0.174. The average Bonchev–Trinajstić information content (AvgIpc) is 2.78.